The van der Waals surface area contributed by atoms with E-state index >= 15 is 0 Å². The molecule has 0 saturated carbocycles. The summed E-state index contributed by atoms with van der Waals surface area (Å²) < 4.78 is 6.89. The Bertz CT molecular complexity index is 799. The van der Waals surface area contributed by atoms with E-state index < -0.39 is 0 Å². The van der Waals surface area contributed by atoms with Gasteiger partial charge in [-0.2, -0.15) is 10.2 Å². The second-order valence-electron chi connectivity index (χ2n) is 6.06. The van der Waals surface area contributed by atoms with Crippen LogP contribution in [-0.2, 0) is 22.5 Å². The van der Waals surface area contributed by atoms with E-state index in [0.717, 1.165) is 18.7 Å². The molecular formula is C16H22N6O3. The minimum atomic E-state index is -0.359. The van der Waals surface area contributed by atoms with Crippen LogP contribution in [0.4, 0.5) is 0 Å². The van der Waals surface area contributed by atoms with Crippen LogP contribution in [0, 0.1) is 6.92 Å². The number of aromatic nitrogens is 5. The van der Waals surface area contributed by atoms with Crippen LogP contribution in [0.3, 0.4) is 0 Å². The number of nitrogens with zero attached hydrogens (tertiary/aromatic N) is 5. The Morgan fingerprint density at radius 2 is 2.28 bits per heavy atom. The molecule has 0 unspecified atom stereocenters. The van der Waals surface area contributed by atoms with Crippen molar-refractivity contribution < 1.29 is 9.53 Å². The van der Waals surface area contributed by atoms with Crippen LogP contribution in [-0.4, -0.2) is 55.5 Å². The molecule has 1 aliphatic heterocycles. The van der Waals surface area contributed by atoms with Crippen molar-refractivity contribution in [2.45, 2.75) is 39.3 Å². The van der Waals surface area contributed by atoms with Gasteiger partial charge in [0.25, 0.3) is 5.56 Å². The van der Waals surface area contributed by atoms with E-state index in [9.17, 15) is 9.59 Å². The van der Waals surface area contributed by atoms with E-state index in [1.54, 1.807) is 17.9 Å². The normalized spacial score (nSPS) is 17.7. The van der Waals surface area contributed by atoms with Gasteiger partial charge in [-0.05, 0) is 19.4 Å². The molecule has 134 valence electrons. The fraction of sp³-hybridized carbons (Fsp3) is 0.562. The Morgan fingerprint density at radius 3 is 3.08 bits per heavy atom. The first-order valence-corrected chi connectivity index (χ1v) is 8.42. The molecule has 1 aliphatic rings. The number of hydrogen-bond acceptors (Lipinski definition) is 6. The van der Waals surface area contributed by atoms with Gasteiger partial charge in [-0.15, -0.1) is 0 Å². The molecule has 0 aliphatic carbocycles. The zero-order valence-electron chi connectivity index (χ0n) is 14.4. The maximum Gasteiger partial charge on any atom is 0.267 e. The van der Waals surface area contributed by atoms with Crippen molar-refractivity contribution in [1.82, 2.24) is 29.9 Å². The molecule has 2 aromatic rings. The Balaban J connectivity index is 1.66. The van der Waals surface area contributed by atoms with Crippen molar-refractivity contribution in [1.29, 1.82) is 0 Å². The lowest BCUT2D eigenvalue weighted by atomic mass is 10.2. The first kappa shape index (κ1) is 17.3. The summed E-state index contributed by atoms with van der Waals surface area (Å²) in [6, 6.07) is 3.05. The number of aryl methyl sites for hydroxylation is 2. The maximum atomic E-state index is 12.5. The Morgan fingerprint density at radius 1 is 1.44 bits per heavy atom. The van der Waals surface area contributed by atoms with Crippen LogP contribution >= 0.6 is 0 Å². The summed E-state index contributed by atoms with van der Waals surface area (Å²) in [6.45, 7) is 5.01. The number of carbonyl (C=O) groups is 1. The molecule has 1 N–H and O–H groups in total. The number of carbonyl (C=O) groups excluding carboxylic acids is 1. The summed E-state index contributed by atoms with van der Waals surface area (Å²) >= 11 is 0. The molecule has 3 heterocycles. The molecule has 9 heteroatoms. The van der Waals surface area contributed by atoms with Gasteiger partial charge < -0.3 is 9.64 Å². The molecule has 0 bridgehead atoms. The third-order valence-corrected chi connectivity index (χ3v) is 4.03. The van der Waals surface area contributed by atoms with Crippen LogP contribution < -0.4 is 5.56 Å². The van der Waals surface area contributed by atoms with Crippen LogP contribution in [0.2, 0.25) is 0 Å². The minimum absolute atomic E-state index is 0.0810. The fourth-order valence-corrected chi connectivity index (χ4v) is 2.73. The summed E-state index contributed by atoms with van der Waals surface area (Å²) in [5, 5.41) is 11.2. The molecule has 1 amide bonds. The Kier molecular flexibility index (Phi) is 5.22. The second kappa shape index (κ2) is 7.56. The van der Waals surface area contributed by atoms with Gasteiger partial charge in [0.15, 0.2) is 5.82 Å². The Hall–Kier alpha value is -2.55. The summed E-state index contributed by atoms with van der Waals surface area (Å²) in [6.07, 6.45) is 1.44. The summed E-state index contributed by atoms with van der Waals surface area (Å²) in [5.41, 5.74) is 0.401. The average Bonchev–Trinajstić information content (AvgIpc) is 3.07. The maximum absolute atomic E-state index is 12.5. The SMILES string of the molecule is CCCc1nc([C@H]2CN(C(=O)Cn3nc(C)ccc3=O)CCO2)n[nH]1. The molecule has 25 heavy (non-hydrogen) atoms. The van der Waals surface area contributed by atoms with E-state index in [-0.39, 0.29) is 24.1 Å². The minimum Gasteiger partial charge on any atom is -0.366 e. The molecule has 0 spiro atoms. The molecule has 1 atom stereocenters. The van der Waals surface area contributed by atoms with Gasteiger partial charge in [-0.1, -0.05) is 6.92 Å². The lowest BCUT2D eigenvalue weighted by molar-refractivity contribution is -0.140. The highest BCUT2D eigenvalue weighted by Crippen LogP contribution is 2.19. The van der Waals surface area contributed by atoms with E-state index in [2.05, 4.69) is 27.2 Å². The van der Waals surface area contributed by atoms with Gasteiger partial charge in [0.1, 0.15) is 18.5 Å². The number of hydrogen-bond donors (Lipinski definition) is 1. The second-order valence-corrected chi connectivity index (χ2v) is 6.06. The van der Waals surface area contributed by atoms with Gasteiger partial charge in [0.2, 0.25) is 5.91 Å². The smallest absolute Gasteiger partial charge is 0.267 e. The highest BCUT2D eigenvalue weighted by atomic mass is 16.5. The predicted octanol–water partition coefficient (Wildman–Crippen LogP) is 0.222. The summed E-state index contributed by atoms with van der Waals surface area (Å²) in [4.78, 5) is 30.5. The van der Waals surface area contributed by atoms with Gasteiger partial charge in [0.05, 0.1) is 18.8 Å². The molecular weight excluding hydrogens is 324 g/mol. The highest BCUT2D eigenvalue weighted by Gasteiger charge is 2.28. The molecule has 2 aromatic heterocycles. The topological polar surface area (TPSA) is 106 Å². The van der Waals surface area contributed by atoms with Crippen molar-refractivity contribution in [3.63, 3.8) is 0 Å². The Labute approximate surface area is 145 Å². The lowest BCUT2D eigenvalue weighted by Gasteiger charge is -2.31. The van der Waals surface area contributed by atoms with E-state index in [1.165, 1.54) is 10.7 Å². The van der Waals surface area contributed by atoms with Crippen molar-refractivity contribution in [2.75, 3.05) is 19.7 Å². The largest absolute Gasteiger partial charge is 0.366 e. The summed E-state index contributed by atoms with van der Waals surface area (Å²) in [5.74, 6) is 1.21. The highest BCUT2D eigenvalue weighted by molar-refractivity contribution is 5.76. The van der Waals surface area contributed by atoms with Crippen LogP contribution in [0.5, 0.6) is 0 Å². The van der Waals surface area contributed by atoms with Gasteiger partial charge >= 0.3 is 0 Å². The molecule has 1 fully saturated rings. The average molecular weight is 346 g/mol. The number of amides is 1. The third kappa shape index (κ3) is 4.11. The van der Waals surface area contributed by atoms with Gasteiger partial charge in [0, 0.05) is 19.0 Å². The zero-order chi connectivity index (χ0) is 17.8. The molecule has 9 nitrogen and oxygen atoms in total. The number of nitrogens with one attached hydrogen (secondary N) is 1. The van der Waals surface area contributed by atoms with Crippen molar-refractivity contribution in [2.24, 2.45) is 0 Å². The number of rotatable bonds is 5. The molecule has 0 aromatic carbocycles. The predicted molar refractivity (Wildman–Crippen MR) is 88.9 cm³/mol. The summed E-state index contributed by atoms with van der Waals surface area (Å²) in [7, 11) is 0. The molecule has 1 saturated heterocycles. The number of morpholine rings is 1. The monoisotopic (exact) mass is 346 g/mol. The number of ether oxygens (including phenoxy) is 1. The van der Waals surface area contributed by atoms with Crippen molar-refractivity contribution in [3.8, 4) is 0 Å². The van der Waals surface area contributed by atoms with Gasteiger partial charge in [-0.25, -0.2) is 9.67 Å². The van der Waals surface area contributed by atoms with Crippen LogP contribution in [0.15, 0.2) is 16.9 Å². The van der Waals surface area contributed by atoms with E-state index in [0.29, 0.717) is 31.2 Å². The number of H-pyrrole nitrogens is 1. The van der Waals surface area contributed by atoms with Gasteiger partial charge in [-0.3, -0.25) is 14.7 Å². The first-order chi connectivity index (χ1) is 12.1. The standard InChI is InChI=1S/C16H22N6O3/c1-3-4-13-17-16(19-18-13)12-9-21(7-8-25-12)15(24)10-22-14(23)6-5-11(2)20-22/h5-6,12H,3-4,7-10H2,1-2H3,(H,17,18,19)/t12-/m1/s1. The lowest BCUT2D eigenvalue weighted by Crippen LogP contribution is -2.45. The van der Waals surface area contributed by atoms with E-state index in [4.69, 9.17) is 4.74 Å². The van der Waals surface area contributed by atoms with Crippen molar-refractivity contribution in [3.05, 3.63) is 39.8 Å². The van der Waals surface area contributed by atoms with Crippen molar-refractivity contribution >= 4 is 5.91 Å². The molecule has 0 radical (unpaired) electrons. The number of aromatic amines is 1. The zero-order valence-corrected chi connectivity index (χ0v) is 14.4. The first-order valence-electron chi connectivity index (χ1n) is 8.42. The van der Waals surface area contributed by atoms with E-state index in [1.807, 2.05) is 0 Å². The quantitative estimate of drug-likeness (QED) is 0.830. The fourth-order valence-electron chi connectivity index (χ4n) is 2.73. The van der Waals surface area contributed by atoms with Crippen LogP contribution in [0.1, 0.15) is 36.8 Å². The third-order valence-electron chi connectivity index (χ3n) is 4.03. The van der Waals surface area contributed by atoms with Crippen LogP contribution in [0.25, 0.3) is 0 Å². The molecule has 3 rings (SSSR count).